The molecule has 1 aromatic carbocycles. The summed E-state index contributed by atoms with van der Waals surface area (Å²) in [5, 5.41) is 0. The molecular weight excluding hydrogens is 312 g/mol. The molecule has 0 spiro atoms. The van der Waals surface area contributed by atoms with Gasteiger partial charge in [0, 0.05) is 17.9 Å². The molecule has 0 fully saturated rings. The number of halogens is 1. The monoisotopic (exact) mass is 328 g/mol. The summed E-state index contributed by atoms with van der Waals surface area (Å²) < 4.78 is 5.62. The van der Waals surface area contributed by atoms with Crippen LogP contribution in [0.25, 0.3) is 0 Å². The third kappa shape index (κ3) is 4.55. The highest BCUT2D eigenvalue weighted by atomic mass is 79.9. The number of rotatable bonds is 5. The van der Waals surface area contributed by atoms with Gasteiger partial charge in [-0.25, -0.2) is 0 Å². The van der Waals surface area contributed by atoms with Crippen LogP contribution < -0.4 is 10.6 Å². The molecule has 0 aliphatic heterocycles. The normalized spacial score (nSPS) is 10.1. The van der Waals surface area contributed by atoms with E-state index >= 15 is 0 Å². The highest BCUT2D eigenvalue weighted by Crippen LogP contribution is 2.26. The zero-order valence-corrected chi connectivity index (χ0v) is 12.6. The quantitative estimate of drug-likeness (QED) is 0.665. The molecule has 0 bridgehead atoms. The van der Waals surface area contributed by atoms with Gasteiger partial charge in [-0.15, -0.1) is 0 Å². The van der Waals surface area contributed by atoms with Crippen molar-refractivity contribution in [3.05, 3.63) is 22.7 Å². The fourth-order valence-corrected chi connectivity index (χ4v) is 1.95. The lowest BCUT2D eigenvalue weighted by Gasteiger charge is -2.19. The fraction of sp³-hybridized carbons (Fsp3) is 0.385. The summed E-state index contributed by atoms with van der Waals surface area (Å²) in [6.07, 6.45) is 0.179. The molecular formula is C13H17BrN2O3. The van der Waals surface area contributed by atoms with Crippen molar-refractivity contribution >= 4 is 39.2 Å². The maximum Gasteiger partial charge on any atom is 0.306 e. The minimum Gasteiger partial charge on any atom is -0.466 e. The standard InChI is InChI=1S/C13H17BrN2O3/c1-3-19-13(18)7-6-12(17)16(2)11-5-4-9(14)8-10(11)15/h4-5,8H,3,6-7,15H2,1-2H3. The largest absolute Gasteiger partial charge is 0.466 e. The third-order valence-corrected chi connectivity index (χ3v) is 3.07. The number of hydrogen-bond donors (Lipinski definition) is 1. The molecule has 0 saturated heterocycles. The minimum absolute atomic E-state index is 0.0768. The van der Waals surface area contributed by atoms with Gasteiger partial charge in [-0.05, 0) is 25.1 Å². The third-order valence-electron chi connectivity index (χ3n) is 2.57. The Kier molecular flexibility index (Phi) is 5.82. The molecule has 5 nitrogen and oxygen atoms in total. The lowest BCUT2D eigenvalue weighted by molar-refractivity contribution is -0.144. The van der Waals surface area contributed by atoms with Gasteiger partial charge in [0.25, 0.3) is 0 Å². The topological polar surface area (TPSA) is 72.6 Å². The van der Waals surface area contributed by atoms with Crippen molar-refractivity contribution in [2.75, 3.05) is 24.3 Å². The molecule has 6 heteroatoms. The van der Waals surface area contributed by atoms with Crippen LogP contribution in [0.3, 0.4) is 0 Å². The van der Waals surface area contributed by atoms with E-state index in [0.29, 0.717) is 18.0 Å². The van der Waals surface area contributed by atoms with Crippen LogP contribution in [0.4, 0.5) is 11.4 Å². The Hall–Kier alpha value is -1.56. The molecule has 0 aliphatic rings. The molecule has 1 rings (SSSR count). The first kappa shape index (κ1) is 15.5. The van der Waals surface area contributed by atoms with Gasteiger partial charge in [-0.3, -0.25) is 9.59 Å². The lowest BCUT2D eigenvalue weighted by Crippen LogP contribution is -2.27. The van der Waals surface area contributed by atoms with Gasteiger partial charge in [0.15, 0.2) is 0 Å². The second-order valence-electron chi connectivity index (χ2n) is 3.96. The Morgan fingerprint density at radius 2 is 2.05 bits per heavy atom. The van der Waals surface area contributed by atoms with Gasteiger partial charge < -0.3 is 15.4 Å². The van der Waals surface area contributed by atoms with Gasteiger partial charge in [-0.1, -0.05) is 15.9 Å². The van der Waals surface area contributed by atoms with Crippen molar-refractivity contribution < 1.29 is 14.3 Å². The number of carbonyl (C=O) groups is 2. The average molecular weight is 329 g/mol. The van der Waals surface area contributed by atoms with Gasteiger partial charge >= 0.3 is 5.97 Å². The number of nitrogens with two attached hydrogens (primary N) is 1. The van der Waals surface area contributed by atoms with Crippen LogP contribution in [0.15, 0.2) is 22.7 Å². The number of hydrogen-bond acceptors (Lipinski definition) is 4. The summed E-state index contributed by atoms with van der Waals surface area (Å²) in [6, 6.07) is 5.28. The minimum atomic E-state index is -0.368. The molecule has 0 saturated carbocycles. The molecule has 0 aromatic heterocycles. The lowest BCUT2D eigenvalue weighted by atomic mass is 10.2. The molecule has 0 atom stereocenters. The first-order chi connectivity index (χ1) is 8.95. The summed E-state index contributed by atoms with van der Waals surface area (Å²) in [4.78, 5) is 24.6. The number of amides is 1. The molecule has 0 heterocycles. The van der Waals surface area contributed by atoms with Crippen molar-refractivity contribution in [1.82, 2.24) is 0 Å². The van der Waals surface area contributed by atoms with E-state index in [1.165, 1.54) is 4.90 Å². The number of nitrogens with zero attached hydrogens (tertiary/aromatic N) is 1. The number of esters is 1. The summed E-state index contributed by atoms with van der Waals surface area (Å²) in [6.45, 7) is 2.05. The van der Waals surface area contributed by atoms with Crippen LogP contribution in [0.5, 0.6) is 0 Å². The van der Waals surface area contributed by atoms with Crippen molar-refractivity contribution in [1.29, 1.82) is 0 Å². The number of anilines is 2. The van der Waals surface area contributed by atoms with Crippen molar-refractivity contribution in [2.45, 2.75) is 19.8 Å². The van der Waals surface area contributed by atoms with Gasteiger partial charge in [0.1, 0.15) is 0 Å². The van der Waals surface area contributed by atoms with E-state index in [2.05, 4.69) is 15.9 Å². The van der Waals surface area contributed by atoms with E-state index in [4.69, 9.17) is 10.5 Å². The summed E-state index contributed by atoms with van der Waals surface area (Å²) in [7, 11) is 1.63. The summed E-state index contributed by atoms with van der Waals surface area (Å²) in [5.41, 5.74) is 6.97. The van der Waals surface area contributed by atoms with Gasteiger partial charge in [0.2, 0.25) is 5.91 Å². The molecule has 2 N–H and O–H groups in total. The Bertz CT molecular complexity index is 477. The number of benzene rings is 1. The van der Waals surface area contributed by atoms with E-state index < -0.39 is 0 Å². The Labute approximate surface area is 120 Å². The highest BCUT2D eigenvalue weighted by molar-refractivity contribution is 9.10. The summed E-state index contributed by atoms with van der Waals surface area (Å²) in [5.74, 6) is -0.546. The zero-order valence-electron chi connectivity index (χ0n) is 11.0. The predicted octanol–water partition coefficient (Wildman–Crippen LogP) is 2.34. The van der Waals surface area contributed by atoms with E-state index in [-0.39, 0.29) is 24.7 Å². The molecule has 1 aromatic rings. The first-order valence-corrected chi connectivity index (χ1v) is 6.72. The Morgan fingerprint density at radius 1 is 1.37 bits per heavy atom. The number of ether oxygens (including phenoxy) is 1. The molecule has 104 valence electrons. The van der Waals surface area contributed by atoms with Crippen LogP contribution in [0.1, 0.15) is 19.8 Å². The van der Waals surface area contributed by atoms with E-state index in [1.54, 1.807) is 32.2 Å². The SMILES string of the molecule is CCOC(=O)CCC(=O)N(C)c1ccc(Br)cc1N. The zero-order chi connectivity index (χ0) is 14.4. The molecule has 0 unspecified atom stereocenters. The maximum atomic E-state index is 11.9. The Morgan fingerprint density at radius 3 is 2.63 bits per heavy atom. The maximum absolute atomic E-state index is 11.9. The molecule has 19 heavy (non-hydrogen) atoms. The second-order valence-corrected chi connectivity index (χ2v) is 4.88. The van der Waals surface area contributed by atoms with Gasteiger partial charge in [0.05, 0.1) is 24.4 Å². The molecule has 0 aliphatic carbocycles. The molecule has 1 amide bonds. The second kappa shape index (κ2) is 7.13. The fourth-order valence-electron chi connectivity index (χ4n) is 1.58. The van der Waals surface area contributed by atoms with Crippen LogP contribution in [0, 0.1) is 0 Å². The first-order valence-electron chi connectivity index (χ1n) is 5.93. The van der Waals surface area contributed by atoms with Crippen LogP contribution in [-0.4, -0.2) is 25.5 Å². The van der Waals surface area contributed by atoms with Crippen molar-refractivity contribution in [2.24, 2.45) is 0 Å². The number of nitrogen functional groups attached to an aromatic ring is 1. The smallest absolute Gasteiger partial charge is 0.306 e. The number of carbonyl (C=O) groups excluding carboxylic acids is 2. The Balaban J connectivity index is 2.64. The molecule has 0 radical (unpaired) electrons. The summed E-state index contributed by atoms with van der Waals surface area (Å²) >= 11 is 3.30. The highest BCUT2D eigenvalue weighted by Gasteiger charge is 2.15. The van der Waals surface area contributed by atoms with Gasteiger partial charge in [-0.2, -0.15) is 0 Å². The van der Waals surface area contributed by atoms with E-state index in [9.17, 15) is 9.59 Å². The van der Waals surface area contributed by atoms with E-state index in [1.807, 2.05) is 0 Å². The van der Waals surface area contributed by atoms with Crippen molar-refractivity contribution in [3.8, 4) is 0 Å². The predicted molar refractivity (Wildman–Crippen MR) is 77.8 cm³/mol. The van der Waals surface area contributed by atoms with Crippen molar-refractivity contribution in [3.63, 3.8) is 0 Å². The van der Waals surface area contributed by atoms with Crippen LogP contribution in [-0.2, 0) is 14.3 Å². The van der Waals surface area contributed by atoms with Crippen LogP contribution >= 0.6 is 15.9 Å². The van der Waals surface area contributed by atoms with E-state index in [0.717, 1.165) is 4.47 Å². The van der Waals surface area contributed by atoms with Crippen LogP contribution in [0.2, 0.25) is 0 Å². The average Bonchev–Trinajstić information content (AvgIpc) is 2.35.